The van der Waals surface area contributed by atoms with Crippen LogP contribution in [0.3, 0.4) is 0 Å². The Labute approximate surface area is 225 Å². The van der Waals surface area contributed by atoms with Gasteiger partial charge in [-0.05, 0) is 41.0 Å². The maximum absolute atomic E-state index is 2.52. The second-order valence-corrected chi connectivity index (χ2v) is 9.60. The molecule has 0 saturated heterocycles. The van der Waals surface area contributed by atoms with Gasteiger partial charge in [-0.1, -0.05) is 127 Å². The second kappa shape index (κ2) is 11.1. The molecular weight excluding hydrogens is 458 g/mol. The van der Waals surface area contributed by atoms with Crippen molar-refractivity contribution in [1.29, 1.82) is 0 Å². The molecule has 6 aromatic rings. The summed E-state index contributed by atoms with van der Waals surface area (Å²) in [5.74, 6) is 0. The predicted molar refractivity (Wildman–Crippen MR) is 158 cm³/mol. The molecule has 0 unspecified atom stereocenters. The lowest BCUT2D eigenvalue weighted by atomic mass is 9.89. The molecule has 0 aliphatic rings. The van der Waals surface area contributed by atoms with Crippen LogP contribution in [0.2, 0.25) is 0 Å². The summed E-state index contributed by atoms with van der Waals surface area (Å²) in [6.45, 7) is 0.784. The highest BCUT2D eigenvalue weighted by molar-refractivity contribution is 5.78. The Bertz CT molecular complexity index is 1510. The van der Waals surface area contributed by atoms with Gasteiger partial charge in [0.1, 0.15) is 0 Å². The molecule has 38 heavy (non-hydrogen) atoms. The maximum Gasteiger partial charge on any atom is 0.217 e. The molecule has 0 bridgehead atoms. The quantitative estimate of drug-likeness (QED) is 0.198. The van der Waals surface area contributed by atoms with Gasteiger partial charge in [-0.15, -0.1) is 0 Å². The summed E-state index contributed by atoms with van der Waals surface area (Å²) >= 11 is 0. The van der Waals surface area contributed by atoms with Gasteiger partial charge < -0.3 is 0 Å². The first-order chi connectivity index (χ1) is 18.9. The average Bonchev–Trinajstić information content (AvgIpc) is 3.00. The summed E-state index contributed by atoms with van der Waals surface area (Å²) in [5, 5.41) is 0. The zero-order chi connectivity index (χ0) is 25.6. The van der Waals surface area contributed by atoms with E-state index in [1.54, 1.807) is 0 Å². The van der Waals surface area contributed by atoms with Crippen LogP contribution in [-0.4, -0.2) is 0 Å². The molecule has 1 heterocycles. The van der Waals surface area contributed by atoms with Crippen molar-refractivity contribution < 1.29 is 4.57 Å². The van der Waals surface area contributed by atoms with E-state index >= 15 is 0 Å². The van der Waals surface area contributed by atoms with Crippen LogP contribution in [0, 0.1) is 0 Å². The van der Waals surface area contributed by atoms with E-state index in [1.807, 2.05) is 0 Å². The fraction of sp³-hybridized carbons (Fsp3) is 0.0541. The molecule has 182 valence electrons. The van der Waals surface area contributed by atoms with E-state index in [-0.39, 0.29) is 0 Å². The molecule has 1 aromatic heterocycles. The molecule has 0 spiro atoms. The van der Waals surface area contributed by atoms with Crippen LogP contribution in [0.5, 0.6) is 0 Å². The van der Waals surface area contributed by atoms with E-state index in [9.17, 15) is 0 Å². The minimum atomic E-state index is 0.784. The largest absolute Gasteiger partial charge is 0.217 e. The summed E-state index contributed by atoms with van der Waals surface area (Å²) in [6.07, 6.45) is 0.846. The smallest absolute Gasteiger partial charge is 0.187 e. The van der Waals surface area contributed by atoms with E-state index in [2.05, 4.69) is 162 Å². The lowest BCUT2D eigenvalue weighted by Crippen LogP contribution is -2.41. The van der Waals surface area contributed by atoms with Gasteiger partial charge in [0.2, 0.25) is 11.4 Å². The summed E-state index contributed by atoms with van der Waals surface area (Å²) in [7, 11) is 0. The Kier molecular flexibility index (Phi) is 6.91. The van der Waals surface area contributed by atoms with Crippen LogP contribution < -0.4 is 4.57 Å². The van der Waals surface area contributed by atoms with Crippen molar-refractivity contribution in [3.63, 3.8) is 0 Å². The van der Waals surface area contributed by atoms with Gasteiger partial charge in [0.15, 0.2) is 6.54 Å². The van der Waals surface area contributed by atoms with Crippen molar-refractivity contribution >= 4 is 0 Å². The predicted octanol–water partition coefficient (Wildman–Crippen LogP) is 8.61. The maximum atomic E-state index is 2.52. The molecule has 0 N–H and O–H groups in total. The van der Waals surface area contributed by atoms with E-state index in [0.29, 0.717) is 0 Å². The van der Waals surface area contributed by atoms with E-state index in [1.165, 1.54) is 50.3 Å². The third-order valence-corrected chi connectivity index (χ3v) is 7.06. The number of hydrogen-bond acceptors (Lipinski definition) is 0. The zero-order valence-corrected chi connectivity index (χ0v) is 21.4. The number of rotatable bonds is 7. The molecular formula is C37H30N+. The minimum Gasteiger partial charge on any atom is -0.187 e. The Morgan fingerprint density at radius 3 is 1.42 bits per heavy atom. The summed E-state index contributed by atoms with van der Waals surface area (Å²) < 4.78 is 2.52. The third-order valence-electron chi connectivity index (χ3n) is 7.06. The lowest BCUT2D eigenvalue weighted by Gasteiger charge is -2.19. The highest BCUT2D eigenvalue weighted by atomic mass is 15.0. The molecule has 6 rings (SSSR count). The molecule has 0 saturated carbocycles. The first-order valence-corrected chi connectivity index (χ1v) is 13.2. The monoisotopic (exact) mass is 488 g/mol. The van der Waals surface area contributed by atoms with Crippen molar-refractivity contribution in [1.82, 2.24) is 0 Å². The van der Waals surface area contributed by atoms with Crippen LogP contribution in [0.4, 0.5) is 0 Å². The Morgan fingerprint density at radius 1 is 0.421 bits per heavy atom. The van der Waals surface area contributed by atoms with Crippen molar-refractivity contribution in [2.24, 2.45) is 0 Å². The number of nitrogens with zero attached hydrogens (tertiary/aromatic N) is 1. The molecule has 0 fully saturated rings. The summed E-state index contributed by atoms with van der Waals surface area (Å²) in [4.78, 5) is 0. The highest BCUT2D eigenvalue weighted by Gasteiger charge is 2.28. The van der Waals surface area contributed by atoms with Crippen molar-refractivity contribution in [2.75, 3.05) is 0 Å². The first-order valence-electron chi connectivity index (χ1n) is 13.2. The number of pyridine rings is 1. The van der Waals surface area contributed by atoms with E-state index in [0.717, 1.165) is 13.0 Å². The van der Waals surface area contributed by atoms with Crippen LogP contribution in [0.25, 0.3) is 33.6 Å². The van der Waals surface area contributed by atoms with Gasteiger partial charge >= 0.3 is 0 Å². The lowest BCUT2D eigenvalue weighted by molar-refractivity contribution is -0.666. The number of aromatic nitrogens is 1. The van der Waals surface area contributed by atoms with Gasteiger partial charge in [0.25, 0.3) is 0 Å². The normalized spacial score (nSPS) is 10.8. The fourth-order valence-electron chi connectivity index (χ4n) is 5.27. The zero-order valence-electron chi connectivity index (χ0n) is 21.4. The van der Waals surface area contributed by atoms with E-state index in [4.69, 9.17) is 0 Å². The Hall–Kier alpha value is -4.75. The van der Waals surface area contributed by atoms with Gasteiger partial charge in [-0.2, -0.15) is 4.57 Å². The number of hydrogen-bond donors (Lipinski definition) is 0. The Balaban J connectivity index is 1.71. The van der Waals surface area contributed by atoms with Crippen molar-refractivity contribution in [3.8, 4) is 33.6 Å². The molecule has 1 nitrogen and oxygen atoms in total. The molecule has 0 radical (unpaired) electrons. The summed E-state index contributed by atoms with van der Waals surface area (Å²) in [6, 6.07) is 56.5. The van der Waals surface area contributed by atoms with Gasteiger partial charge in [-0.25, -0.2) is 0 Å². The van der Waals surface area contributed by atoms with Crippen LogP contribution in [0.1, 0.15) is 16.7 Å². The topological polar surface area (TPSA) is 3.88 Å². The van der Waals surface area contributed by atoms with Gasteiger partial charge in [0.05, 0.1) is 0 Å². The molecule has 1 heteroatoms. The van der Waals surface area contributed by atoms with E-state index < -0.39 is 0 Å². The summed E-state index contributed by atoms with van der Waals surface area (Å²) in [5.41, 5.74) is 11.3. The van der Waals surface area contributed by atoms with Gasteiger partial charge in [0, 0.05) is 34.7 Å². The SMILES string of the molecule is c1ccc(Cc2c(-c3ccccc3)cc(-c3ccccc3)[n+](Cc3ccccc3)c2-c2ccccc2)cc1. The molecule has 0 aliphatic carbocycles. The molecule has 0 aliphatic heterocycles. The van der Waals surface area contributed by atoms with Crippen LogP contribution >= 0.6 is 0 Å². The second-order valence-electron chi connectivity index (χ2n) is 9.60. The standard InChI is InChI=1S/C37H30N/c1-6-16-29(17-7-1)26-35-34(31-20-10-3-11-21-31)27-36(32-22-12-4-13-23-32)38(28-30-18-8-2-9-19-30)37(35)33-24-14-5-15-25-33/h1-25,27H,26,28H2/q+1. The first kappa shape index (κ1) is 23.6. The fourth-order valence-corrected chi connectivity index (χ4v) is 5.27. The van der Waals surface area contributed by atoms with Crippen molar-refractivity contribution in [3.05, 3.63) is 174 Å². The minimum absolute atomic E-state index is 0.784. The number of benzene rings is 5. The average molecular weight is 489 g/mol. The van der Waals surface area contributed by atoms with Crippen LogP contribution in [0.15, 0.2) is 158 Å². The van der Waals surface area contributed by atoms with Crippen LogP contribution in [-0.2, 0) is 13.0 Å². The van der Waals surface area contributed by atoms with Gasteiger partial charge in [-0.3, -0.25) is 0 Å². The molecule has 5 aromatic carbocycles. The highest BCUT2D eigenvalue weighted by Crippen LogP contribution is 2.35. The Morgan fingerprint density at radius 2 is 0.868 bits per heavy atom. The molecule has 0 atom stereocenters. The van der Waals surface area contributed by atoms with Crippen molar-refractivity contribution in [2.45, 2.75) is 13.0 Å². The third kappa shape index (κ3) is 5.05. The molecule has 0 amide bonds.